The van der Waals surface area contributed by atoms with Crippen LogP contribution in [0.25, 0.3) is 0 Å². The molecule has 5 amide bonds. The largest absolute Gasteiger partial charge is 0.394 e. The lowest BCUT2D eigenvalue weighted by Crippen LogP contribution is -2.64. The Balaban J connectivity index is 1.47. The van der Waals surface area contributed by atoms with Crippen LogP contribution in [0, 0.1) is 0 Å². The molecule has 2 aliphatic heterocycles. The van der Waals surface area contributed by atoms with Gasteiger partial charge in [-0.25, -0.2) is 0 Å². The van der Waals surface area contributed by atoms with Gasteiger partial charge in [0.2, 0.25) is 29.5 Å². The van der Waals surface area contributed by atoms with E-state index in [0.717, 1.165) is 19.3 Å². The number of hydrogen-bond donors (Lipinski definition) is 5. The lowest BCUT2D eigenvalue weighted by Gasteiger charge is -2.42. The number of unbranched alkanes of at least 4 members (excludes halogenated alkanes) is 2. The maximum atomic E-state index is 12.4. The van der Waals surface area contributed by atoms with Crippen LogP contribution in [-0.4, -0.2) is 182 Å². The van der Waals surface area contributed by atoms with Gasteiger partial charge >= 0.3 is 0 Å². The van der Waals surface area contributed by atoms with Gasteiger partial charge in [0.15, 0.2) is 0 Å². The predicted molar refractivity (Wildman–Crippen MR) is 186 cm³/mol. The van der Waals surface area contributed by atoms with Gasteiger partial charge < -0.3 is 54.5 Å². The summed E-state index contributed by atoms with van der Waals surface area (Å²) >= 11 is 1.45. The van der Waals surface area contributed by atoms with E-state index in [1.54, 1.807) is 0 Å². The Hall–Kier alpha value is -2.42. The number of hydrogen-bond acceptors (Lipinski definition) is 14. The van der Waals surface area contributed by atoms with Crippen LogP contribution < -0.4 is 10.6 Å². The Kier molecular flexibility index (Phi) is 22.4. The molecule has 0 aromatic heterocycles. The SMILES string of the molecule is CCCCCN1C(=O)CC(SCCOCCOCCOCCNC(=O)CN(CCOCCC2OC(CO)C(O)C(O)C2NC(C)=O)C(C)=O)C1=O. The van der Waals surface area contributed by atoms with Gasteiger partial charge in [-0.1, -0.05) is 19.8 Å². The van der Waals surface area contributed by atoms with Crippen molar-refractivity contribution in [3.63, 3.8) is 0 Å². The molecule has 0 aromatic carbocycles. The summed E-state index contributed by atoms with van der Waals surface area (Å²) in [6, 6.07) is -0.892. The summed E-state index contributed by atoms with van der Waals surface area (Å²) in [4.78, 5) is 63.2. The molecule has 0 aromatic rings. The van der Waals surface area contributed by atoms with Gasteiger partial charge in [0.25, 0.3) is 0 Å². The second-order valence-electron chi connectivity index (χ2n) is 12.3. The minimum atomic E-state index is -1.36. The number of amides is 5. The minimum Gasteiger partial charge on any atom is -0.394 e. The zero-order valence-corrected chi connectivity index (χ0v) is 30.9. The fourth-order valence-corrected chi connectivity index (χ4v) is 6.53. The Bertz CT molecular complexity index is 1070. The van der Waals surface area contributed by atoms with Crippen molar-refractivity contribution >= 4 is 41.3 Å². The first kappa shape index (κ1) is 44.7. The minimum absolute atomic E-state index is 0.0873. The molecule has 2 aliphatic rings. The van der Waals surface area contributed by atoms with Gasteiger partial charge in [-0.15, -0.1) is 11.8 Å². The van der Waals surface area contributed by atoms with E-state index in [9.17, 15) is 39.3 Å². The summed E-state index contributed by atoms with van der Waals surface area (Å²) < 4.78 is 27.8. The summed E-state index contributed by atoms with van der Waals surface area (Å²) in [5.74, 6) is -0.637. The van der Waals surface area contributed by atoms with Gasteiger partial charge in [0.05, 0.1) is 76.8 Å². The average Bonchev–Trinajstić information content (AvgIpc) is 3.36. The molecule has 5 N–H and O–H groups in total. The van der Waals surface area contributed by atoms with Crippen LogP contribution in [0.3, 0.4) is 0 Å². The molecule has 0 radical (unpaired) electrons. The van der Waals surface area contributed by atoms with Crippen molar-refractivity contribution in [2.75, 3.05) is 91.4 Å². The molecule has 0 bridgehead atoms. The lowest BCUT2D eigenvalue weighted by atomic mass is 9.91. The highest BCUT2D eigenvalue weighted by molar-refractivity contribution is 8.00. The molecule has 51 heavy (non-hydrogen) atoms. The number of carbonyl (C=O) groups excluding carboxylic acids is 5. The third-order valence-corrected chi connectivity index (χ3v) is 9.45. The molecule has 6 atom stereocenters. The highest BCUT2D eigenvalue weighted by atomic mass is 32.2. The zero-order valence-electron chi connectivity index (χ0n) is 30.1. The topological polar surface area (TPSA) is 223 Å². The van der Waals surface area contributed by atoms with E-state index in [4.69, 9.17) is 23.7 Å². The third kappa shape index (κ3) is 16.9. The molecule has 17 nitrogen and oxygen atoms in total. The maximum absolute atomic E-state index is 12.4. The fraction of sp³-hybridized carbons (Fsp3) is 0.848. The van der Waals surface area contributed by atoms with Crippen molar-refractivity contribution in [1.82, 2.24) is 20.4 Å². The van der Waals surface area contributed by atoms with Gasteiger partial charge in [-0.2, -0.15) is 0 Å². The van der Waals surface area contributed by atoms with Crippen LogP contribution in [0.1, 0.15) is 52.9 Å². The molecule has 2 rings (SSSR count). The van der Waals surface area contributed by atoms with E-state index in [-0.39, 0.29) is 81.2 Å². The monoisotopic (exact) mass is 750 g/mol. The predicted octanol–water partition coefficient (Wildman–Crippen LogP) is -1.56. The lowest BCUT2D eigenvalue weighted by molar-refractivity contribution is -0.198. The molecule has 0 saturated carbocycles. The first-order chi connectivity index (χ1) is 24.5. The van der Waals surface area contributed by atoms with Crippen molar-refractivity contribution in [2.45, 2.75) is 88.6 Å². The highest BCUT2D eigenvalue weighted by Crippen LogP contribution is 2.26. The number of nitrogens with one attached hydrogen (secondary N) is 2. The number of aliphatic hydroxyl groups is 3. The van der Waals surface area contributed by atoms with E-state index in [1.807, 2.05) is 0 Å². The summed E-state index contributed by atoms with van der Waals surface area (Å²) in [5, 5.41) is 34.9. The summed E-state index contributed by atoms with van der Waals surface area (Å²) in [7, 11) is 0. The zero-order chi connectivity index (χ0) is 37.6. The van der Waals surface area contributed by atoms with Crippen molar-refractivity contribution < 1.29 is 63.0 Å². The number of imide groups is 1. The van der Waals surface area contributed by atoms with Crippen molar-refractivity contribution in [1.29, 1.82) is 0 Å². The van der Waals surface area contributed by atoms with Crippen LogP contribution in [0.5, 0.6) is 0 Å². The average molecular weight is 751 g/mol. The Morgan fingerprint density at radius 1 is 0.922 bits per heavy atom. The molecular weight excluding hydrogens is 692 g/mol. The third-order valence-electron chi connectivity index (χ3n) is 8.28. The number of likely N-dealkylation sites (tertiary alicyclic amines) is 1. The molecule has 294 valence electrons. The van der Waals surface area contributed by atoms with Crippen molar-refractivity contribution in [3.8, 4) is 0 Å². The number of carbonyl (C=O) groups is 5. The fourth-order valence-electron chi connectivity index (χ4n) is 5.50. The van der Waals surface area contributed by atoms with E-state index in [1.165, 1.54) is 35.4 Å². The van der Waals surface area contributed by atoms with Crippen LogP contribution in [0.4, 0.5) is 0 Å². The summed E-state index contributed by atoms with van der Waals surface area (Å²) in [5.41, 5.74) is 0. The Morgan fingerprint density at radius 2 is 1.59 bits per heavy atom. The standard InChI is InChI=1S/C33H58N4O13S/c1-4-5-6-9-37-29(42)20-27(33(37)45)51-19-18-49-17-16-48-15-14-47-12-8-34-28(41)21-36(24(3)40)10-13-46-11-7-25-30(35-23(2)39)32(44)31(43)26(22-38)50-25/h25-27,30-32,38,43-44H,4-22H2,1-3H3,(H,34,41)(H,35,39). The quantitative estimate of drug-likeness (QED) is 0.0474. The van der Waals surface area contributed by atoms with E-state index < -0.39 is 43.0 Å². The summed E-state index contributed by atoms with van der Waals surface area (Å²) in [6.45, 7) is 7.36. The molecule has 0 spiro atoms. The second kappa shape index (κ2) is 25.5. The second-order valence-corrected chi connectivity index (χ2v) is 13.6. The number of nitrogens with zero attached hydrogens (tertiary/aromatic N) is 2. The summed E-state index contributed by atoms with van der Waals surface area (Å²) in [6.07, 6.45) is -1.05. The normalized spacial score (nSPS) is 23.5. The molecular formula is C33H58N4O13S. The van der Waals surface area contributed by atoms with Crippen molar-refractivity contribution in [3.05, 3.63) is 0 Å². The molecule has 18 heteroatoms. The Morgan fingerprint density at radius 3 is 2.24 bits per heavy atom. The van der Waals surface area contributed by atoms with Crippen LogP contribution >= 0.6 is 11.8 Å². The van der Waals surface area contributed by atoms with Crippen LogP contribution in [0.15, 0.2) is 0 Å². The number of rotatable bonds is 27. The van der Waals surface area contributed by atoms with Gasteiger partial charge in [-0.05, 0) is 12.8 Å². The molecule has 6 unspecified atom stereocenters. The first-order valence-corrected chi connectivity index (χ1v) is 18.7. The molecule has 2 heterocycles. The number of aliphatic hydroxyl groups excluding tert-OH is 3. The van der Waals surface area contributed by atoms with Gasteiger partial charge in [0.1, 0.15) is 18.3 Å². The van der Waals surface area contributed by atoms with Crippen molar-refractivity contribution in [2.24, 2.45) is 0 Å². The van der Waals surface area contributed by atoms with E-state index in [2.05, 4.69) is 17.6 Å². The smallest absolute Gasteiger partial charge is 0.242 e. The van der Waals surface area contributed by atoms with E-state index >= 15 is 0 Å². The van der Waals surface area contributed by atoms with Gasteiger partial charge in [0, 0.05) is 52.3 Å². The molecule has 0 aliphatic carbocycles. The van der Waals surface area contributed by atoms with Crippen LogP contribution in [-0.2, 0) is 47.7 Å². The molecule has 2 fully saturated rings. The van der Waals surface area contributed by atoms with E-state index in [0.29, 0.717) is 45.3 Å². The Labute approximate surface area is 304 Å². The van der Waals surface area contributed by atoms with Gasteiger partial charge in [-0.3, -0.25) is 28.9 Å². The number of thioether (sulfide) groups is 1. The number of ether oxygens (including phenoxy) is 5. The van der Waals surface area contributed by atoms with Crippen LogP contribution in [0.2, 0.25) is 0 Å². The highest BCUT2D eigenvalue weighted by Gasteiger charge is 2.44. The first-order valence-electron chi connectivity index (χ1n) is 17.7. The molecule has 2 saturated heterocycles. The maximum Gasteiger partial charge on any atom is 0.242 e.